The Labute approximate surface area is 149 Å². The number of hydrogen-bond donors (Lipinski definition) is 1. The van der Waals surface area contributed by atoms with Gasteiger partial charge in [0.25, 0.3) is 0 Å². The fourth-order valence-corrected chi connectivity index (χ4v) is 5.05. The zero-order chi connectivity index (χ0) is 16.4. The number of nitrogens with one attached hydrogen (secondary N) is 1. The lowest BCUT2D eigenvalue weighted by molar-refractivity contribution is 0.519. The molecule has 1 atom stereocenters. The van der Waals surface area contributed by atoms with Crippen molar-refractivity contribution in [2.45, 2.75) is 26.8 Å². The van der Waals surface area contributed by atoms with Gasteiger partial charge >= 0.3 is 0 Å². The zero-order valence-corrected chi connectivity index (χ0v) is 15.7. The van der Waals surface area contributed by atoms with Gasteiger partial charge in [-0.2, -0.15) is 5.10 Å². The second-order valence-electron chi connectivity index (χ2n) is 6.30. The van der Waals surface area contributed by atoms with Gasteiger partial charge < -0.3 is 5.32 Å². The highest BCUT2D eigenvalue weighted by molar-refractivity contribution is 7.91. The molecule has 0 saturated carbocycles. The molecule has 0 bridgehead atoms. The molecule has 0 radical (unpaired) electrons. The van der Waals surface area contributed by atoms with E-state index in [2.05, 4.69) is 17.3 Å². The minimum atomic E-state index is -2.80. The number of aryl methyl sites for hydroxylation is 1. The van der Waals surface area contributed by atoms with E-state index < -0.39 is 9.84 Å². The van der Waals surface area contributed by atoms with E-state index in [-0.39, 0.29) is 18.3 Å². The van der Waals surface area contributed by atoms with Gasteiger partial charge in [-0.25, -0.2) is 13.1 Å². The number of hydrogen-bond acceptors (Lipinski definition) is 4. The van der Waals surface area contributed by atoms with Gasteiger partial charge in [0.15, 0.2) is 9.84 Å². The standard InChI is InChI=1S/C17H23N3O2S.ClH/c1-13-17(11-18-10-15-8-9-23(21,22)12-15)14(2)20(19-13)16-6-4-3-5-7-16;/h3-7,15,18H,8-12H2,1-2H3;1H. The number of rotatable bonds is 5. The van der Waals surface area contributed by atoms with Crippen LogP contribution >= 0.6 is 12.4 Å². The van der Waals surface area contributed by atoms with Gasteiger partial charge in [-0.15, -0.1) is 12.4 Å². The molecule has 132 valence electrons. The fourth-order valence-electron chi connectivity index (χ4n) is 3.19. The average Bonchev–Trinajstić information content (AvgIpc) is 3.01. The Kier molecular flexibility index (Phi) is 6.06. The lowest BCUT2D eigenvalue weighted by atomic mass is 10.1. The first-order valence-electron chi connectivity index (χ1n) is 7.98. The van der Waals surface area contributed by atoms with Crippen LogP contribution in [0.4, 0.5) is 0 Å². The van der Waals surface area contributed by atoms with Gasteiger partial charge in [0, 0.05) is 17.8 Å². The van der Waals surface area contributed by atoms with E-state index in [1.165, 1.54) is 5.56 Å². The quantitative estimate of drug-likeness (QED) is 0.879. The zero-order valence-electron chi connectivity index (χ0n) is 14.0. The Bertz CT molecular complexity index is 788. The summed E-state index contributed by atoms with van der Waals surface area (Å²) in [6.45, 7) is 5.56. The summed E-state index contributed by atoms with van der Waals surface area (Å²) in [5.41, 5.74) is 4.38. The van der Waals surface area contributed by atoms with Crippen LogP contribution in [0.5, 0.6) is 0 Å². The smallest absolute Gasteiger partial charge is 0.150 e. The molecule has 0 spiro atoms. The molecule has 24 heavy (non-hydrogen) atoms. The van der Waals surface area contributed by atoms with E-state index in [1.54, 1.807) is 0 Å². The van der Waals surface area contributed by atoms with Crippen LogP contribution in [0.15, 0.2) is 30.3 Å². The molecule has 0 aliphatic carbocycles. The number of benzene rings is 1. The van der Waals surface area contributed by atoms with Crippen molar-refractivity contribution in [1.82, 2.24) is 15.1 Å². The third kappa shape index (κ3) is 4.18. The molecule has 0 amide bonds. The predicted octanol–water partition coefficient (Wildman–Crippen LogP) is 2.44. The highest BCUT2D eigenvalue weighted by atomic mass is 35.5. The number of halogens is 1. The van der Waals surface area contributed by atoms with Crippen molar-refractivity contribution >= 4 is 22.2 Å². The average molecular weight is 370 g/mol. The highest BCUT2D eigenvalue weighted by Crippen LogP contribution is 2.19. The summed E-state index contributed by atoms with van der Waals surface area (Å²) in [5, 5.41) is 8.04. The largest absolute Gasteiger partial charge is 0.312 e. The third-order valence-electron chi connectivity index (χ3n) is 4.50. The van der Waals surface area contributed by atoms with Crippen molar-refractivity contribution in [2.24, 2.45) is 5.92 Å². The molecule has 3 rings (SSSR count). The maximum Gasteiger partial charge on any atom is 0.150 e. The maximum atomic E-state index is 11.5. The van der Waals surface area contributed by atoms with Gasteiger partial charge in [-0.3, -0.25) is 0 Å². The van der Waals surface area contributed by atoms with E-state index in [0.29, 0.717) is 11.5 Å². The SMILES string of the molecule is Cc1nn(-c2ccccc2)c(C)c1CNCC1CCS(=O)(=O)C1.Cl. The minimum Gasteiger partial charge on any atom is -0.312 e. The molecule has 1 N–H and O–H groups in total. The van der Waals surface area contributed by atoms with Crippen molar-refractivity contribution in [3.63, 3.8) is 0 Å². The van der Waals surface area contributed by atoms with Gasteiger partial charge in [-0.05, 0) is 44.9 Å². The Morgan fingerprint density at radius 2 is 1.96 bits per heavy atom. The minimum absolute atomic E-state index is 0. The predicted molar refractivity (Wildman–Crippen MR) is 98.8 cm³/mol. The third-order valence-corrected chi connectivity index (χ3v) is 6.34. The molecule has 1 saturated heterocycles. The first-order chi connectivity index (χ1) is 11.0. The molecular formula is C17H24ClN3O2S. The van der Waals surface area contributed by atoms with Crippen molar-refractivity contribution in [1.29, 1.82) is 0 Å². The second-order valence-corrected chi connectivity index (χ2v) is 8.53. The molecule has 1 aliphatic rings. The lowest BCUT2D eigenvalue weighted by Gasteiger charge is -2.10. The van der Waals surface area contributed by atoms with Crippen molar-refractivity contribution in [3.05, 3.63) is 47.3 Å². The molecule has 1 unspecified atom stereocenters. The first-order valence-corrected chi connectivity index (χ1v) is 9.80. The molecule has 2 heterocycles. The second kappa shape index (κ2) is 7.68. The van der Waals surface area contributed by atoms with Gasteiger partial charge in [0.1, 0.15) is 0 Å². The molecule has 2 aromatic rings. The number of aromatic nitrogens is 2. The van der Waals surface area contributed by atoms with Gasteiger partial charge in [-0.1, -0.05) is 18.2 Å². The number of sulfone groups is 1. The summed E-state index contributed by atoms with van der Waals surface area (Å²) < 4.78 is 25.0. The first kappa shape index (κ1) is 19.0. The van der Waals surface area contributed by atoms with Crippen molar-refractivity contribution in [2.75, 3.05) is 18.1 Å². The van der Waals surface area contributed by atoms with Crippen molar-refractivity contribution in [3.8, 4) is 5.69 Å². The lowest BCUT2D eigenvalue weighted by Crippen LogP contribution is -2.23. The normalized spacial score (nSPS) is 19.2. The van der Waals surface area contributed by atoms with Crippen LogP contribution in [0.1, 0.15) is 23.4 Å². The van der Waals surface area contributed by atoms with Gasteiger partial charge in [0.05, 0.1) is 22.9 Å². The van der Waals surface area contributed by atoms with E-state index in [4.69, 9.17) is 0 Å². The Hall–Kier alpha value is -1.37. The highest BCUT2D eigenvalue weighted by Gasteiger charge is 2.27. The fraction of sp³-hybridized carbons (Fsp3) is 0.471. The molecule has 1 fully saturated rings. The summed E-state index contributed by atoms with van der Waals surface area (Å²) in [7, 11) is -2.80. The van der Waals surface area contributed by atoms with Crippen LogP contribution in [0.2, 0.25) is 0 Å². The van der Waals surface area contributed by atoms with Gasteiger partial charge in [0.2, 0.25) is 0 Å². The molecular weight excluding hydrogens is 346 g/mol. The van der Waals surface area contributed by atoms with Crippen LogP contribution < -0.4 is 5.32 Å². The number of para-hydroxylation sites is 1. The number of nitrogens with zero attached hydrogens (tertiary/aromatic N) is 2. The summed E-state index contributed by atoms with van der Waals surface area (Å²) >= 11 is 0. The van der Waals surface area contributed by atoms with Crippen molar-refractivity contribution < 1.29 is 8.42 Å². The van der Waals surface area contributed by atoms with Crippen LogP contribution in [-0.4, -0.2) is 36.2 Å². The Balaban J connectivity index is 0.00000208. The molecule has 5 nitrogen and oxygen atoms in total. The molecule has 1 aromatic heterocycles. The van der Waals surface area contributed by atoms with E-state index in [1.807, 2.05) is 41.9 Å². The Morgan fingerprint density at radius 3 is 2.58 bits per heavy atom. The van der Waals surface area contributed by atoms with Crippen LogP contribution in [0, 0.1) is 19.8 Å². The molecule has 7 heteroatoms. The summed E-state index contributed by atoms with van der Waals surface area (Å²) in [4.78, 5) is 0. The summed E-state index contributed by atoms with van der Waals surface area (Å²) in [6, 6.07) is 10.1. The van der Waals surface area contributed by atoms with E-state index >= 15 is 0 Å². The maximum absolute atomic E-state index is 11.5. The monoisotopic (exact) mass is 369 g/mol. The van der Waals surface area contributed by atoms with Crippen LogP contribution in [0.3, 0.4) is 0 Å². The van der Waals surface area contributed by atoms with Crippen LogP contribution in [0.25, 0.3) is 5.69 Å². The summed E-state index contributed by atoms with van der Waals surface area (Å²) in [5.74, 6) is 0.898. The summed E-state index contributed by atoms with van der Waals surface area (Å²) in [6.07, 6.45) is 0.774. The van der Waals surface area contributed by atoms with Crippen LogP contribution in [-0.2, 0) is 16.4 Å². The molecule has 1 aromatic carbocycles. The van der Waals surface area contributed by atoms with E-state index in [9.17, 15) is 8.42 Å². The topological polar surface area (TPSA) is 64.0 Å². The Morgan fingerprint density at radius 1 is 1.25 bits per heavy atom. The molecule has 1 aliphatic heterocycles. The van der Waals surface area contributed by atoms with E-state index in [0.717, 1.165) is 36.6 Å².